The van der Waals surface area contributed by atoms with Crippen LogP contribution in [0.4, 0.5) is 0 Å². The third-order valence-electron chi connectivity index (χ3n) is 9.11. The highest BCUT2D eigenvalue weighted by Gasteiger charge is 2.36. The highest BCUT2D eigenvalue weighted by Crippen LogP contribution is 2.36. The molecular weight excluding hydrogens is 601 g/mol. The number of sulfone groups is 2. The lowest BCUT2D eigenvalue weighted by Crippen LogP contribution is -2.42. The number of aliphatic carboxylic acids is 1. The van der Waals surface area contributed by atoms with Crippen LogP contribution in [-0.4, -0.2) is 80.9 Å². The number of likely N-dealkylation sites (tertiary alicyclic amines) is 1. The van der Waals surface area contributed by atoms with Crippen LogP contribution in [0.2, 0.25) is 0 Å². The van der Waals surface area contributed by atoms with Crippen LogP contribution in [0.3, 0.4) is 0 Å². The van der Waals surface area contributed by atoms with E-state index in [2.05, 4.69) is 10.2 Å². The molecule has 2 aromatic carbocycles. The molecule has 1 aliphatic carbocycles. The van der Waals surface area contributed by atoms with Gasteiger partial charge in [0.15, 0.2) is 0 Å². The summed E-state index contributed by atoms with van der Waals surface area (Å²) in [6, 6.07) is 12.0. The van der Waals surface area contributed by atoms with E-state index in [1.807, 2.05) is 43.3 Å². The van der Waals surface area contributed by atoms with Gasteiger partial charge in [0.2, 0.25) is 0 Å². The molecule has 2 N–H and O–H groups in total. The number of hydrogen-bond acceptors (Lipinski definition) is 7. The standard InChI is InChI=1S/C33H46N2O7S2/c1-23-9-7-8-12-28(23)30-20-25(13-16-29(30)32(36)34-31(33(37)38)17-18-43(2,39)40)21-35-26(19-24-10-5-4-6-11-24)14-15-27(35)22-44(3,41)42/h7-9,12-13,16,20,24,26-27,31H,4-6,10-11,14-15,17-19,21-22H2,1-3H3,(H,34,36)(H,37,38)/t26-,27+,31+/m1/s1. The molecule has 1 amide bonds. The molecule has 0 radical (unpaired) electrons. The zero-order valence-corrected chi connectivity index (χ0v) is 27.6. The van der Waals surface area contributed by atoms with Gasteiger partial charge in [-0.3, -0.25) is 9.69 Å². The van der Waals surface area contributed by atoms with Crippen LogP contribution >= 0.6 is 0 Å². The first-order valence-corrected chi connectivity index (χ1v) is 19.7. The minimum atomic E-state index is -3.41. The van der Waals surface area contributed by atoms with Crippen molar-refractivity contribution in [2.75, 3.05) is 24.0 Å². The Morgan fingerprint density at radius 3 is 2.23 bits per heavy atom. The molecule has 1 saturated carbocycles. The van der Waals surface area contributed by atoms with Crippen molar-refractivity contribution in [2.24, 2.45) is 5.92 Å². The molecule has 0 aromatic heterocycles. The summed E-state index contributed by atoms with van der Waals surface area (Å²) >= 11 is 0. The van der Waals surface area contributed by atoms with E-state index < -0.39 is 37.6 Å². The van der Waals surface area contributed by atoms with Crippen molar-refractivity contribution in [1.82, 2.24) is 10.2 Å². The Morgan fingerprint density at radius 2 is 1.59 bits per heavy atom. The van der Waals surface area contributed by atoms with Crippen molar-refractivity contribution >= 4 is 31.6 Å². The van der Waals surface area contributed by atoms with Gasteiger partial charge >= 0.3 is 5.97 Å². The van der Waals surface area contributed by atoms with Crippen molar-refractivity contribution < 1.29 is 31.5 Å². The Bertz CT molecular complexity index is 1550. The van der Waals surface area contributed by atoms with E-state index in [1.54, 1.807) is 6.07 Å². The number of benzene rings is 2. The molecule has 242 valence electrons. The van der Waals surface area contributed by atoms with Crippen LogP contribution in [0.5, 0.6) is 0 Å². The van der Waals surface area contributed by atoms with Crippen molar-refractivity contribution in [3.05, 3.63) is 59.2 Å². The van der Waals surface area contributed by atoms with E-state index in [4.69, 9.17) is 0 Å². The molecule has 1 heterocycles. The second-order valence-corrected chi connectivity index (χ2v) is 17.3. The molecule has 4 rings (SSSR count). The molecule has 11 heteroatoms. The molecule has 2 aliphatic rings. The Labute approximate surface area is 262 Å². The number of aryl methyl sites for hydroxylation is 1. The van der Waals surface area contributed by atoms with E-state index in [-0.39, 0.29) is 24.0 Å². The summed E-state index contributed by atoms with van der Waals surface area (Å²) in [6.07, 6.45) is 11.2. The van der Waals surface area contributed by atoms with E-state index in [0.29, 0.717) is 29.6 Å². The normalized spacial score (nSPS) is 20.8. The second-order valence-electron chi connectivity index (χ2n) is 12.9. The number of nitrogens with zero attached hydrogens (tertiary/aromatic N) is 1. The van der Waals surface area contributed by atoms with Gasteiger partial charge in [0.05, 0.1) is 11.5 Å². The molecule has 0 spiro atoms. The lowest BCUT2D eigenvalue weighted by molar-refractivity contribution is -0.139. The molecule has 0 bridgehead atoms. The fourth-order valence-electron chi connectivity index (χ4n) is 6.88. The summed E-state index contributed by atoms with van der Waals surface area (Å²) < 4.78 is 48.1. The van der Waals surface area contributed by atoms with Crippen molar-refractivity contribution in [3.63, 3.8) is 0 Å². The summed E-state index contributed by atoms with van der Waals surface area (Å²) in [5.74, 6) is -1.48. The number of carboxylic acid groups (broad SMARTS) is 1. The van der Waals surface area contributed by atoms with Gasteiger partial charge in [-0.15, -0.1) is 0 Å². The van der Waals surface area contributed by atoms with Crippen molar-refractivity contribution in [2.45, 2.75) is 89.4 Å². The first-order valence-electron chi connectivity index (χ1n) is 15.5. The Kier molecular flexibility index (Phi) is 11.3. The van der Waals surface area contributed by atoms with Crippen LogP contribution < -0.4 is 5.32 Å². The molecule has 3 atom stereocenters. The lowest BCUT2D eigenvalue weighted by atomic mass is 9.84. The highest BCUT2D eigenvalue weighted by molar-refractivity contribution is 7.90. The van der Waals surface area contributed by atoms with E-state index in [1.165, 1.54) is 38.4 Å². The largest absolute Gasteiger partial charge is 0.480 e. The summed E-state index contributed by atoms with van der Waals surface area (Å²) in [5.41, 5.74) is 3.66. The maximum Gasteiger partial charge on any atom is 0.326 e. The van der Waals surface area contributed by atoms with Gasteiger partial charge in [0, 0.05) is 36.7 Å². The van der Waals surface area contributed by atoms with Crippen LogP contribution in [-0.2, 0) is 31.0 Å². The van der Waals surface area contributed by atoms with Crippen LogP contribution in [0, 0.1) is 12.8 Å². The fourth-order valence-corrected chi connectivity index (χ4v) is 8.60. The summed E-state index contributed by atoms with van der Waals surface area (Å²) in [6.45, 7) is 2.49. The van der Waals surface area contributed by atoms with Crippen molar-refractivity contribution in [1.29, 1.82) is 0 Å². The average molecular weight is 647 g/mol. The van der Waals surface area contributed by atoms with Gasteiger partial charge in [-0.05, 0) is 72.9 Å². The van der Waals surface area contributed by atoms with Gasteiger partial charge < -0.3 is 10.4 Å². The summed E-state index contributed by atoms with van der Waals surface area (Å²) in [7, 11) is -6.59. The predicted molar refractivity (Wildman–Crippen MR) is 173 cm³/mol. The van der Waals surface area contributed by atoms with Gasteiger partial charge in [-0.25, -0.2) is 21.6 Å². The number of hydrogen-bond donors (Lipinski definition) is 2. The first kappa shape index (κ1) is 34.1. The zero-order valence-electron chi connectivity index (χ0n) is 26.0. The number of carbonyl (C=O) groups excluding carboxylic acids is 1. The fraction of sp³-hybridized carbons (Fsp3) is 0.576. The van der Waals surface area contributed by atoms with E-state index >= 15 is 0 Å². The molecular formula is C33H46N2O7S2. The van der Waals surface area contributed by atoms with Crippen LogP contribution in [0.15, 0.2) is 42.5 Å². The predicted octanol–water partition coefficient (Wildman–Crippen LogP) is 4.63. The average Bonchev–Trinajstić information content (AvgIpc) is 3.29. The molecule has 1 saturated heterocycles. The van der Waals surface area contributed by atoms with Crippen LogP contribution in [0.25, 0.3) is 11.1 Å². The molecule has 2 aromatic rings. The molecule has 0 unspecified atom stereocenters. The van der Waals surface area contributed by atoms with E-state index in [9.17, 15) is 31.5 Å². The minimum absolute atomic E-state index is 0.0744. The van der Waals surface area contributed by atoms with E-state index in [0.717, 1.165) is 42.2 Å². The first-order chi connectivity index (χ1) is 20.7. The number of amides is 1. The summed E-state index contributed by atoms with van der Waals surface area (Å²) in [4.78, 5) is 27.8. The van der Waals surface area contributed by atoms with Gasteiger partial charge in [-0.1, -0.05) is 62.4 Å². The molecule has 9 nitrogen and oxygen atoms in total. The second kappa shape index (κ2) is 14.6. The highest BCUT2D eigenvalue weighted by atomic mass is 32.2. The van der Waals surface area contributed by atoms with Gasteiger partial charge in [0.1, 0.15) is 25.7 Å². The number of carbonyl (C=O) groups is 2. The quantitative estimate of drug-likeness (QED) is 0.322. The van der Waals surface area contributed by atoms with Gasteiger partial charge in [-0.2, -0.15) is 0 Å². The number of nitrogens with one attached hydrogen (secondary N) is 1. The maximum atomic E-state index is 13.5. The third-order valence-corrected chi connectivity index (χ3v) is 11.1. The molecule has 44 heavy (non-hydrogen) atoms. The Morgan fingerprint density at radius 1 is 0.909 bits per heavy atom. The Balaban J connectivity index is 1.66. The van der Waals surface area contributed by atoms with Gasteiger partial charge in [0.25, 0.3) is 5.91 Å². The zero-order chi connectivity index (χ0) is 32.1. The summed E-state index contributed by atoms with van der Waals surface area (Å²) in [5, 5.41) is 12.2. The smallest absolute Gasteiger partial charge is 0.326 e. The topological polar surface area (TPSA) is 138 Å². The molecule has 2 fully saturated rings. The molecule has 1 aliphatic heterocycles. The maximum absolute atomic E-state index is 13.5. The Hall–Kier alpha value is -2.76. The van der Waals surface area contributed by atoms with Crippen molar-refractivity contribution in [3.8, 4) is 11.1 Å². The lowest BCUT2D eigenvalue weighted by Gasteiger charge is -2.33. The third kappa shape index (κ3) is 9.62. The van der Waals surface area contributed by atoms with Crippen LogP contribution in [0.1, 0.15) is 79.3 Å². The monoisotopic (exact) mass is 646 g/mol. The minimum Gasteiger partial charge on any atom is -0.480 e. The number of rotatable bonds is 13. The number of carboxylic acids is 1. The SMILES string of the molecule is Cc1ccccc1-c1cc(CN2[C@@H](CC3CCCCC3)CC[C@H]2CS(C)(=O)=O)ccc1C(=O)N[C@@H](CCS(C)(=O)=O)C(=O)O.